The van der Waals surface area contributed by atoms with Crippen LogP contribution in [-0.2, 0) is 0 Å². The molecule has 0 N–H and O–H groups in total. The van der Waals surface area contributed by atoms with Crippen LogP contribution < -0.4 is 0 Å². The van der Waals surface area contributed by atoms with E-state index in [0.717, 1.165) is 19.4 Å². The number of nitrogens with zero attached hydrogens (tertiary/aromatic N) is 1. The van der Waals surface area contributed by atoms with Crippen LogP contribution in [0.4, 0.5) is 0 Å². The van der Waals surface area contributed by atoms with Crippen molar-refractivity contribution >= 4 is 0 Å². The lowest BCUT2D eigenvalue weighted by atomic mass is 10.2. The van der Waals surface area contributed by atoms with Crippen LogP contribution in [0.3, 0.4) is 0 Å². The molecule has 0 aliphatic heterocycles. The molecular weight excluding hydrogens is 146 g/mol. The molecule has 70 valence electrons. The second kappa shape index (κ2) is 6.08. The molecule has 12 heavy (non-hydrogen) atoms. The minimum atomic E-state index is 0.628. The van der Waals surface area contributed by atoms with Gasteiger partial charge < -0.3 is 0 Å². The van der Waals surface area contributed by atoms with Crippen LogP contribution >= 0.6 is 0 Å². The summed E-state index contributed by atoms with van der Waals surface area (Å²) in [5, 5.41) is 0. The van der Waals surface area contributed by atoms with E-state index in [9.17, 15) is 0 Å². The van der Waals surface area contributed by atoms with Crippen molar-refractivity contribution in [3.05, 3.63) is 0 Å². The van der Waals surface area contributed by atoms with Crippen molar-refractivity contribution in [1.82, 2.24) is 4.90 Å². The number of hydrogen-bond acceptors (Lipinski definition) is 1. The summed E-state index contributed by atoms with van der Waals surface area (Å²) in [6.45, 7) is 10.1. The first kappa shape index (κ1) is 11.5. The second-order valence-corrected chi connectivity index (χ2v) is 3.73. The zero-order valence-electron chi connectivity index (χ0n) is 8.80. The zero-order chi connectivity index (χ0) is 9.56. The summed E-state index contributed by atoms with van der Waals surface area (Å²) in [4.78, 5) is 2.47. The first-order valence-electron chi connectivity index (χ1n) is 4.78. The summed E-state index contributed by atoms with van der Waals surface area (Å²) in [6.07, 6.45) is 7.22. The third kappa shape index (κ3) is 4.41. The Labute approximate surface area is 77.1 Å². The highest BCUT2D eigenvalue weighted by Gasteiger charge is 2.11. The molecule has 0 amide bonds. The summed E-state index contributed by atoms with van der Waals surface area (Å²) in [7, 11) is 0. The number of hydrogen-bond donors (Lipinski definition) is 0. The van der Waals surface area contributed by atoms with Gasteiger partial charge in [0.15, 0.2) is 0 Å². The maximum Gasteiger partial charge on any atom is 0.00982 e. The van der Waals surface area contributed by atoms with E-state index in [1.165, 1.54) is 0 Å². The molecule has 0 heterocycles. The van der Waals surface area contributed by atoms with Gasteiger partial charge in [0.05, 0.1) is 0 Å². The van der Waals surface area contributed by atoms with Gasteiger partial charge in [-0.2, -0.15) is 0 Å². The molecule has 0 aliphatic rings. The summed E-state index contributed by atoms with van der Waals surface area (Å²) < 4.78 is 0. The van der Waals surface area contributed by atoms with Gasteiger partial charge in [-0.3, -0.25) is 4.90 Å². The molecular formula is C11H21N. The van der Waals surface area contributed by atoms with E-state index in [0.29, 0.717) is 12.1 Å². The molecule has 0 saturated carbocycles. The zero-order valence-corrected chi connectivity index (χ0v) is 8.80. The normalized spacial score (nSPS) is 11.2. The van der Waals surface area contributed by atoms with Gasteiger partial charge in [0.1, 0.15) is 0 Å². The van der Waals surface area contributed by atoms with Crippen LogP contribution in [0, 0.1) is 12.3 Å². The van der Waals surface area contributed by atoms with Crippen molar-refractivity contribution in [3.63, 3.8) is 0 Å². The second-order valence-electron chi connectivity index (χ2n) is 3.73. The lowest BCUT2D eigenvalue weighted by Crippen LogP contribution is -2.37. The lowest BCUT2D eigenvalue weighted by Gasteiger charge is -2.30. The number of terminal acetylenes is 1. The Morgan fingerprint density at radius 3 is 2.00 bits per heavy atom. The Morgan fingerprint density at radius 1 is 1.17 bits per heavy atom. The van der Waals surface area contributed by atoms with Crippen LogP contribution in [0.15, 0.2) is 0 Å². The molecule has 0 aliphatic carbocycles. The van der Waals surface area contributed by atoms with Crippen LogP contribution in [0.2, 0.25) is 0 Å². The first-order chi connectivity index (χ1) is 5.59. The Hall–Kier alpha value is -0.480. The predicted molar refractivity (Wildman–Crippen MR) is 55.0 cm³/mol. The molecule has 1 heteroatoms. The smallest absolute Gasteiger partial charge is 0.00982 e. The van der Waals surface area contributed by atoms with Gasteiger partial charge >= 0.3 is 0 Å². The van der Waals surface area contributed by atoms with Crippen LogP contribution in [0.25, 0.3) is 0 Å². The number of unbranched alkanes of at least 4 members (excludes halogenated alkanes) is 1. The minimum Gasteiger partial charge on any atom is -0.299 e. The topological polar surface area (TPSA) is 3.24 Å². The van der Waals surface area contributed by atoms with Crippen molar-refractivity contribution in [2.45, 2.75) is 52.6 Å². The largest absolute Gasteiger partial charge is 0.299 e. The maximum absolute atomic E-state index is 5.20. The molecule has 0 rings (SSSR count). The van der Waals surface area contributed by atoms with Crippen molar-refractivity contribution < 1.29 is 0 Å². The monoisotopic (exact) mass is 167 g/mol. The van der Waals surface area contributed by atoms with Gasteiger partial charge in [0.25, 0.3) is 0 Å². The third-order valence-corrected chi connectivity index (χ3v) is 2.06. The number of rotatable bonds is 5. The van der Waals surface area contributed by atoms with Gasteiger partial charge in [-0.25, -0.2) is 0 Å². The quantitative estimate of drug-likeness (QED) is 0.449. The third-order valence-electron chi connectivity index (χ3n) is 2.06. The van der Waals surface area contributed by atoms with E-state index in [2.05, 4.69) is 38.5 Å². The average Bonchev–Trinajstić information content (AvgIpc) is 1.96. The summed E-state index contributed by atoms with van der Waals surface area (Å²) in [6, 6.07) is 1.26. The van der Waals surface area contributed by atoms with Gasteiger partial charge in [-0.1, -0.05) is 0 Å². The fraction of sp³-hybridized carbons (Fsp3) is 0.818. The summed E-state index contributed by atoms with van der Waals surface area (Å²) in [5.74, 6) is 2.67. The Kier molecular flexibility index (Phi) is 5.84. The first-order valence-corrected chi connectivity index (χ1v) is 4.78. The molecule has 0 aromatic rings. The van der Waals surface area contributed by atoms with Crippen molar-refractivity contribution in [2.75, 3.05) is 6.54 Å². The van der Waals surface area contributed by atoms with Crippen LogP contribution in [-0.4, -0.2) is 23.5 Å². The molecule has 0 saturated heterocycles. The summed E-state index contributed by atoms with van der Waals surface area (Å²) in [5.41, 5.74) is 0. The molecule has 0 radical (unpaired) electrons. The molecule has 0 fully saturated rings. The molecule has 0 aromatic carbocycles. The standard InChI is InChI=1S/C11H21N/c1-6-7-8-9-12(10(2)3)11(4)5/h1,10-11H,7-9H2,2-5H3. The Bertz CT molecular complexity index is 134. The molecule has 0 spiro atoms. The predicted octanol–water partition coefficient (Wildman–Crippen LogP) is 2.52. The minimum absolute atomic E-state index is 0.628. The van der Waals surface area contributed by atoms with Gasteiger partial charge in [0.2, 0.25) is 0 Å². The Morgan fingerprint density at radius 2 is 1.67 bits per heavy atom. The highest BCUT2D eigenvalue weighted by molar-refractivity contribution is 4.83. The van der Waals surface area contributed by atoms with E-state index < -0.39 is 0 Å². The fourth-order valence-corrected chi connectivity index (χ4v) is 1.48. The molecule has 0 atom stereocenters. The van der Waals surface area contributed by atoms with Crippen LogP contribution in [0.1, 0.15) is 40.5 Å². The average molecular weight is 167 g/mol. The lowest BCUT2D eigenvalue weighted by molar-refractivity contribution is 0.174. The van der Waals surface area contributed by atoms with Gasteiger partial charge in [-0.05, 0) is 40.7 Å². The molecule has 1 nitrogen and oxygen atoms in total. The Balaban J connectivity index is 3.74. The summed E-state index contributed by atoms with van der Waals surface area (Å²) >= 11 is 0. The van der Waals surface area contributed by atoms with Crippen molar-refractivity contribution in [1.29, 1.82) is 0 Å². The molecule has 0 bridgehead atoms. The van der Waals surface area contributed by atoms with E-state index >= 15 is 0 Å². The SMILES string of the molecule is C#CCCCN(C(C)C)C(C)C. The highest BCUT2D eigenvalue weighted by Crippen LogP contribution is 2.06. The van der Waals surface area contributed by atoms with Crippen molar-refractivity contribution in [2.24, 2.45) is 0 Å². The fourth-order valence-electron chi connectivity index (χ4n) is 1.48. The maximum atomic E-state index is 5.20. The van der Waals surface area contributed by atoms with Gasteiger partial charge in [-0.15, -0.1) is 12.3 Å². The molecule has 0 unspecified atom stereocenters. The van der Waals surface area contributed by atoms with E-state index in [1.807, 2.05) is 0 Å². The van der Waals surface area contributed by atoms with Crippen molar-refractivity contribution in [3.8, 4) is 12.3 Å². The van der Waals surface area contributed by atoms with E-state index in [1.54, 1.807) is 0 Å². The van der Waals surface area contributed by atoms with E-state index in [4.69, 9.17) is 6.42 Å². The van der Waals surface area contributed by atoms with Gasteiger partial charge in [0, 0.05) is 18.5 Å². The van der Waals surface area contributed by atoms with Crippen LogP contribution in [0.5, 0.6) is 0 Å². The van der Waals surface area contributed by atoms with E-state index in [-0.39, 0.29) is 0 Å². The highest BCUT2D eigenvalue weighted by atomic mass is 15.2. The molecule has 0 aromatic heterocycles.